The van der Waals surface area contributed by atoms with E-state index in [1.54, 1.807) is 6.92 Å². The molecule has 1 saturated heterocycles. The highest BCUT2D eigenvalue weighted by atomic mass is 35.5. The van der Waals surface area contributed by atoms with Crippen LogP contribution in [0.2, 0.25) is 5.02 Å². The van der Waals surface area contributed by atoms with Gasteiger partial charge in [0.25, 0.3) is 0 Å². The number of rotatable bonds is 3. The lowest BCUT2D eigenvalue weighted by Crippen LogP contribution is -2.48. The Morgan fingerprint density at radius 1 is 1.30 bits per heavy atom. The molecule has 1 aliphatic heterocycles. The van der Waals surface area contributed by atoms with E-state index in [0.29, 0.717) is 12.8 Å². The lowest BCUT2D eigenvalue weighted by Gasteiger charge is -2.42. The van der Waals surface area contributed by atoms with Crippen molar-refractivity contribution in [3.8, 4) is 6.07 Å². The zero-order valence-corrected chi connectivity index (χ0v) is 12.8. The summed E-state index contributed by atoms with van der Waals surface area (Å²) in [6.45, 7) is 5.51. The molecule has 0 amide bonds. The van der Waals surface area contributed by atoms with E-state index < -0.39 is 5.60 Å². The summed E-state index contributed by atoms with van der Waals surface area (Å²) in [6, 6.07) is 10.3. The third-order valence-corrected chi connectivity index (χ3v) is 4.91. The average molecular weight is 293 g/mol. The molecule has 0 spiro atoms. The zero-order chi connectivity index (χ0) is 14.8. The van der Waals surface area contributed by atoms with Crippen molar-refractivity contribution < 1.29 is 5.11 Å². The minimum absolute atomic E-state index is 0.227. The summed E-state index contributed by atoms with van der Waals surface area (Å²) in [4.78, 5) is 2.32. The summed E-state index contributed by atoms with van der Waals surface area (Å²) < 4.78 is 0. The normalized spacial score (nSPS) is 21.9. The van der Waals surface area contributed by atoms with Crippen LogP contribution in [0.5, 0.6) is 0 Å². The first-order chi connectivity index (χ1) is 9.48. The molecule has 1 aromatic carbocycles. The van der Waals surface area contributed by atoms with E-state index in [4.69, 9.17) is 16.9 Å². The second-order valence-corrected chi connectivity index (χ2v) is 6.10. The fourth-order valence-corrected chi connectivity index (χ4v) is 3.16. The smallest absolute Gasteiger partial charge is 0.0826 e. The monoisotopic (exact) mass is 292 g/mol. The van der Waals surface area contributed by atoms with E-state index >= 15 is 0 Å². The molecule has 1 heterocycles. The molecular formula is C16H21ClN2O. The van der Waals surface area contributed by atoms with Gasteiger partial charge in [-0.3, -0.25) is 4.90 Å². The van der Waals surface area contributed by atoms with Gasteiger partial charge in [-0.25, -0.2) is 0 Å². The van der Waals surface area contributed by atoms with Crippen molar-refractivity contribution in [2.75, 3.05) is 13.1 Å². The first-order valence-corrected chi connectivity index (χ1v) is 7.46. The zero-order valence-electron chi connectivity index (χ0n) is 12.0. The third-order valence-electron chi connectivity index (χ3n) is 4.57. The molecule has 1 aliphatic rings. The number of nitriles is 1. The Hall–Kier alpha value is -1.08. The van der Waals surface area contributed by atoms with E-state index in [1.807, 2.05) is 24.3 Å². The summed E-state index contributed by atoms with van der Waals surface area (Å²) in [6.07, 6.45) is 1.27. The highest BCUT2D eigenvalue weighted by molar-refractivity contribution is 6.31. The van der Waals surface area contributed by atoms with Gasteiger partial charge in [0.05, 0.1) is 17.6 Å². The molecule has 3 nitrogen and oxygen atoms in total. The number of hydrogen-bond acceptors (Lipinski definition) is 3. The van der Waals surface area contributed by atoms with Gasteiger partial charge in [-0.2, -0.15) is 5.26 Å². The Labute approximate surface area is 125 Å². The molecule has 0 bridgehead atoms. The molecule has 0 aliphatic carbocycles. The molecular weight excluding hydrogens is 272 g/mol. The van der Waals surface area contributed by atoms with Crippen molar-refractivity contribution in [2.45, 2.75) is 38.3 Å². The number of likely N-dealkylation sites (tertiary alicyclic amines) is 1. The second kappa shape index (κ2) is 6.13. The maximum absolute atomic E-state index is 10.5. The van der Waals surface area contributed by atoms with Gasteiger partial charge in [0.2, 0.25) is 0 Å². The van der Waals surface area contributed by atoms with Gasteiger partial charge in [-0.05, 0) is 38.3 Å². The van der Waals surface area contributed by atoms with Gasteiger partial charge in [-0.1, -0.05) is 29.8 Å². The second-order valence-electron chi connectivity index (χ2n) is 5.69. The van der Waals surface area contributed by atoms with Gasteiger partial charge in [0.1, 0.15) is 0 Å². The summed E-state index contributed by atoms with van der Waals surface area (Å²) >= 11 is 6.25. The SMILES string of the molecule is CC(c1ccccc1Cl)N1CCC(O)(C(C)C#N)CC1. The summed E-state index contributed by atoms with van der Waals surface area (Å²) in [7, 11) is 0. The first kappa shape index (κ1) is 15.3. The number of halogens is 1. The topological polar surface area (TPSA) is 47.3 Å². The maximum Gasteiger partial charge on any atom is 0.0826 e. The Morgan fingerprint density at radius 3 is 2.45 bits per heavy atom. The quantitative estimate of drug-likeness (QED) is 0.929. The summed E-state index contributed by atoms with van der Waals surface area (Å²) in [5.41, 5.74) is 0.277. The van der Waals surface area contributed by atoms with Crippen molar-refractivity contribution in [3.05, 3.63) is 34.9 Å². The van der Waals surface area contributed by atoms with Crippen LogP contribution in [-0.2, 0) is 0 Å². The molecule has 2 unspecified atom stereocenters. The minimum Gasteiger partial charge on any atom is -0.388 e. The Kier molecular flexibility index (Phi) is 4.70. The van der Waals surface area contributed by atoms with Gasteiger partial charge < -0.3 is 5.11 Å². The number of nitrogens with zero attached hydrogens (tertiary/aromatic N) is 2. The number of hydrogen-bond donors (Lipinski definition) is 1. The molecule has 108 valence electrons. The van der Waals surface area contributed by atoms with Gasteiger partial charge >= 0.3 is 0 Å². The van der Waals surface area contributed by atoms with Gasteiger partial charge in [0.15, 0.2) is 0 Å². The van der Waals surface area contributed by atoms with Crippen LogP contribution in [0.4, 0.5) is 0 Å². The third kappa shape index (κ3) is 2.98. The number of benzene rings is 1. The average Bonchev–Trinajstić information content (AvgIpc) is 2.47. The summed E-state index contributed by atoms with van der Waals surface area (Å²) in [5.74, 6) is -0.319. The van der Waals surface area contributed by atoms with Crippen LogP contribution in [0.15, 0.2) is 24.3 Å². The Balaban J connectivity index is 2.05. The fraction of sp³-hybridized carbons (Fsp3) is 0.562. The van der Waals surface area contributed by atoms with Crippen LogP contribution < -0.4 is 0 Å². The molecule has 1 aromatic rings. The number of piperidine rings is 1. The Bertz CT molecular complexity index is 503. The lowest BCUT2D eigenvalue weighted by molar-refractivity contribution is -0.0530. The van der Waals surface area contributed by atoms with Crippen LogP contribution in [0.3, 0.4) is 0 Å². The highest BCUT2D eigenvalue weighted by Crippen LogP contribution is 2.34. The first-order valence-electron chi connectivity index (χ1n) is 7.08. The summed E-state index contributed by atoms with van der Waals surface area (Å²) in [5, 5.41) is 20.3. The van der Waals surface area contributed by atoms with E-state index in [2.05, 4.69) is 17.9 Å². The predicted molar refractivity (Wildman–Crippen MR) is 80.4 cm³/mol. The number of aliphatic hydroxyl groups is 1. The van der Waals surface area contributed by atoms with Crippen LogP contribution in [0.25, 0.3) is 0 Å². The van der Waals surface area contributed by atoms with Gasteiger partial charge in [0, 0.05) is 24.2 Å². The molecule has 2 atom stereocenters. The lowest BCUT2D eigenvalue weighted by atomic mass is 9.81. The Morgan fingerprint density at radius 2 is 1.90 bits per heavy atom. The maximum atomic E-state index is 10.5. The molecule has 4 heteroatoms. The largest absolute Gasteiger partial charge is 0.388 e. The van der Waals surface area contributed by atoms with Crippen molar-refractivity contribution in [1.29, 1.82) is 5.26 Å². The predicted octanol–water partition coefficient (Wildman–Crippen LogP) is 3.39. The van der Waals surface area contributed by atoms with E-state index in [9.17, 15) is 5.11 Å². The van der Waals surface area contributed by atoms with Crippen LogP contribution in [0, 0.1) is 17.2 Å². The molecule has 20 heavy (non-hydrogen) atoms. The van der Waals surface area contributed by atoms with Crippen LogP contribution >= 0.6 is 11.6 Å². The molecule has 1 N–H and O–H groups in total. The van der Waals surface area contributed by atoms with Crippen molar-refractivity contribution in [1.82, 2.24) is 4.90 Å². The van der Waals surface area contributed by atoms with Crippen molar-refractivity contribution in [3.63, 3.8) is 0 Å². The van der Waals surface area contributed by atoms with E-state index in [0.717, 1.165) is 23.7 Å². The minimum atomic E-state index is -0.842. The molecule has 0 radical (unpaired) electrons. The molecule has 1 fully saturated rings. The standard InChI is InChI=1S/C16H21ClN2O/c1-12(11-18)16(20)7-9-19(10-8-16)13(2)14-5-3-4-6-15(14)17/h3-6,12-13,20H,7-10H2,1-2H3. The van der Waals surface area contributed by atoms with Crippen LogP contribution in [0.1, 0.15) is 38.3 Å². The molecule has 0 aromatic heterocycles. The highest BCUT2D eigenvalue weighted by Gasteiger charge is 2.38. The van der Waals surface area contributed by atoms with E-state index in [1.165, 1.54) is 0 Å². The molecule has 0 saturated carbocycles. The van der Waals surface area contributed by atoms with Crippen molar-refractivity contribution in [2.24, 2.45) is 5.92 Å². The van der Waals surface area contributed by atoms with Gasteiger partial charge in [-0.15, -0.1) is 0 Å². The fourth-order valence-electron chi connectivity index (χ4n) is 2.86. The van der Waals surface area contributed by atoms with Crippen LogP contribution in [-0.4, -0.2) is 28.7 Å². The van der Waals surface area contributed by atoms with E-state index in [-0.39, 0.29) is 12.0 Å². The van der Waals surface area contributed by atoms with Crippen molar-refractivity contribution >= 4 is 11.6 Å². The molecule has 2 rings (SSSR count).